The molecule has 0 bridgehead atoms. The Bertz CT molecular complexity index is 590. The molecule has 2 aromatic rings. The summed E-state index contributed by atoms with van der Waals surface area (Å²) in [5.41, 5.74) is 3.77. The molecule has 0 aliphatic heterocycles. The monoisotopic (exact) mass is 269 g/mol. The predicted molar refractivity (Wildman–Crippen MR) is 79.8 cm³/mol. The highest BCUT2D eigenvalue weighted by atomic mass is 16.4. The van der Waals surface area contributed by atoms with E-state index >= 15 is 0 Å². The summed E-state index contributed by atoms with van der Waals surface area (Å²) in [6.45, 7) is 4.82. The molecular weight excluding hydrogens is 250 g/mol. The van der Waals surface area contributed by atoms with E-state index in [9.17, 15) is 4.79 Å². The summed E-state index contributed by atoms with van der Waals surface area (Å²) < 4.78 is 0. The van der Waals surface area contributed by atoms with Gasteiger partial charge in [-0.3, -0.25) is 0 Å². The maximum absolute atomic E-state index is 10.9. The molecule has 0 aromatic heterocycles. The second-order valence-corrected chi connectivity index (χ2v) is 5.02. The van der Waals surface area contributed by atoms with E-state index in [-0.39, 0.29) is 6.04 Å². The topological polar surface area (TPSA) is 49.3 Å². The summed E-state index contributed by atoms with van der Waals surface area (Å²) in [4.78, 5) is 10.9. The number of hydrogen-bond donors (Lipinski definition) is 2. The number of aromatic carboxylic acids is 1. The first-order valence-electron chi connectivity index (χ1n) is 6.68. The number of carboxylic acid groups (broad SMARTS) is 1. The summed E-state index contributed by atoms with van der Waals surface area (Å²) in [7, 11) is 0. The van der Waals surface area contributed by atoms with Gasteiger partial charge in [0.05, 0.1) is 5.56 Å². The molecule has 2 N–H and O–H groups in total. The third-order valence-electron chi connectivity index (χ3n) is 3.36. The Morgan fingerprint density at radius 2 is 1.90 bits per heavy atom. The maximum atomic E-state index is 10.9. The quantitative estimate of drug-likeness (QED) is 0.872. The largest absolute Gasteiger partial charge is 0.478 e. The zero-order valence-corrected chi connectivity index (χ0v) is 11.8. The van der Waals surface area contributed by atoms with Gasteiger partial charge >= 0.3 is 5.97 Å². The molecule has 0 spiro atoms. The smallest absolute Gasteiger partial charge is 0.335 e. The molecule has 2 aromatic carbocycles. The Morgan fingerprint density at radius 1 is 1.20 bits per heavy atom. The summed E-state index contributed by atoms with van der Waals surface area (Å²) in [5.74, 6) is -0.890. The number of benzene rings is 2. The fraction of sp³-hybridized carbons (Fsp3) is 0.235. The van der Waals surface area contributed by atoms with Crippen LogP contribution in [0.1, 0.15) is 40.0 Å². The molecule has 0 saturated heterocycles. The van der Waals surface area contributed by atoms with Crippen molar-refractivity contribution in [2.24, 2.45) is 0 Å². The van der Waals surface area contributed by atoms with Crippen LogP contribution in [0.5, 0.6) is 0 Å². The average molecular weight is 269 g/mol. The number of carboxylic acids is 1. The van der Waals surface area contributed by atoms with E-state index in [0.717, 1.165) is 5.56 Å². The van der Waals surface area contributed by atoms with Crippen molar-refractivity contribution < 1.29 is 9.90 Å². The van der Waals surface area contributed by atoms with Crippen LogP contribution in [0.15, 0.2) is 48.5 Å². The highest BCUT2D eigenvalue weighted by Gasteiger charge is 2.06. The van der Waals surface area contributed by atoms with Gasteiger partial charge in [0.25, 0.3) is 0 Å². The van der Waals surface area contributed by atoms with E-state index in [2.05, 4.69) is 43.4 Å². The van der Waals surface area contributed by atoms with Gasteiger partial charge in [0.15, 0.2) is 0 Å². The SMILES string of the molecule is Cc1ccc([C@@H](C)NCc2cccc(C(=O)O)c2)cc1. The van der Waals surface area contributed by atoms with Gasteiger partial charge in [-0.1, -0.05) is 42.0 Å². The van der Waals surface area contributed by atoms with Crippen LogP contribution in [0.3, 0.4) is 0 Å². The number of carbonyl (C=O) groups is 1. The van der Waals surface area contributed by atoms with E-state index in [1.807, 2.05) is 6.07 Å². The van der Waals surface area contributed by atoms with Crippen molar-refractivity contribution >= 4 is 5.97 Å². The van der Waals surface area contributed by atoms with E-state index in [0.29, 0.717) is 12.1 Å². The lowest BCUT2D eigenvalue weighted by Crippen LogP contribution is -2.18. The van der Waals surface area contributed by atoms with Crippen LogP contribution in [0.25, 0.3) is 0 Å². The second-order valence-electron chi connectivity index (χ2n) is 5.02. The van der Waals surface area contributed by atoms with Gasteiger partial charge in [-0.05, 0) is 37.1 Å². The first-order valence-corrected chi connectivity index (χ1v) is 6.68. The predicted octanol–water partition coefficient (Wildman–Crippen LogP) is 3.54. The molecule has 20 heavy (non-hydrogen) atoms. The molecule has 0 fully saturated rings. The summed E-state index contributed by atoms with van der Waals surface area (Å²) in [5, 5.41) is 12.4. The lowest BCUT2D eigenvalue weighted by molar-refractivity contribution is 0.0696. The Kier molecular flexibility index (Phi) is 4.53. The van der Waals surface area contributed by atoms with Crippen LogP contribution in [0.4, 0.5) is 0 Å². The summed E-state index contributed by atoms with van der Waals surface area (Å²) >= 11 is 0. The molecule has 0 heterocycles. The molecule has 0 saturated carbocycles. The van der Waals surface area contributed by atoms with E-state index in [4.69, 9.17) is 5.11 Å². The minimum absolute atomic E-state index is 0.226. The summed E-state index contributed by atoms with van der Waals surface area (Å²) in [6, 6.07) is 15.7. The number of nitrogens with one attached hydrogen (secondary N) is 1. The highest BCUT2D eigenvalue weighted by Crippen LogP contribution is 2.14. The Balaban J connectivity index is 1.99. The molecule has 0 radical (unpaired) electrons. The normalized spacial score (nSPS) is 12.1. The van der Waals surface area contributed by atoms with Crippen LogP contribution in [0, 0.1) is 6.92 Å². The Labute approximate surface area is 119 Å². The van der Waals surface area contributed by atoms with Gasteiger partial charge in [-0.15, -0.1) is 0 Å². The number of rotatable bonds is 5. The Hall–Kier alpha value is -2.13. The molecule has 2 rings (SSSR count). The lowest BCUT2D eigenvalue weighted by Gasteiger charge is -2.14. The molecule has 1 atom stereocenters. The minimum atomic E-state index is -0.890. The molecule has 0 amide bonds. The van der Waals surface area contributed by atoms with E-state index < -0.39 is 5.97 Å². The third-order valence-corrected chi connectivity index (χ3v) is 3.36. The van der Waals surface area contributed by atoms with Crippen molar-refractivity contribution in [1.82, 2.24) is 5.32 Å². The van der Waals surface area contributed by atoms with Crippen molar-refractivity contribution in [3.8, 4) is 0 Å². The summed E-state index contributed by atoms with van der Waals surface area (Å²) in [6.07, 6.45) is 0. The van der Waals surface area contributed by atoms with Gasteiger partial charge in [-0.25, -0.2) is 4.79 Å². The second kappa shape index (κ2) is 6.35. The molecular formula is C17H19NO2. The highest BCUT2D eigenvalue weighted by molar-refractivity contribution is 5.87. The van der Waals surface area contributed by atoms with Gasteiger partial charge in [0.2, 0.25) is 0 Å². The average Bonchev–Trinajstić information content (AvgIpc) is 2.46. The van der Waals surface area contributed by atoms with Crippen molar-refractivity contribution in [3.63, 3.8) is 0 Å². The first kappa shape index (κ1) is 14.3. The van der Waals surface area contributed by atoms with Gasteiger partial charge < -0.3 is 10.4 Å². The maximum Gasteiger partial charge on any atom is 0.335 e. The van der Waals surface area contributed by atoms with Crippen LogP contribution in [-0.4, -0.2) is 11.1 Å². The van der Waals surface area contributed by atoms with Gasteiger partial charge in [0, 0.05) is 12.6 Å². The van der Waals surface area contributed by atoms with Crippen molar-refractivity contribution in [2.75, 3.05) is 0 Å². The zero-order valence-electron chi connectivity index (χ0n) is 11.8. The first-order chi connectivity index (χ1) is 9.56. The lowest BCUT2D eigenvalue weighted by atomic mass is 10.1. The van der Waals surface area contributed by atoms with E-state index in [1.165, 1.54) is 11.1 Å². The zero-order chi connectivity index (χ0) is 14.5. The van der Waals surface area contributed by atoms with Crippen molar-refractivity contribution in [1.29, 1.82) is 0 Å². The minimum Gasteiger partial charge on any atom is -0.478 e. The van der Waals surface area contributed by atoms with Crippen molar-refractivity contribution in [2.45, 2.75) is 26.4 Å². The molecule has 0 aliphatic carbocycles. The fourth-order valence-corrected chi connectivity index (χ4v) is 2.06. The van der Waals surface area contributed by atoms with Crippen LogP contribution in [-0.2, 0) is 6.54 Å². The van der Waals surface area contributed by atoms with Crippen molar-refractivity contribution in [3.05, 3.63) is 70.8 Å². The standard InChI is InChI=1S/C17H19NO2/c1-12-6-8-15(9-7-12)13(2)18-11-14-4-3-5-16(10-14)17(19)20/h3-10,13,18H,11H2,1-2H3,(H,19,20)/t13-/m1/s1. The van der Waals surface area contributed by atoms with Crippen LogP contribution in [0.2, 0.25) is 0 Å². The molecule has 0 unspecified atom stereocenters. The number of hydrogen-bond acceptors (Lipinski definition) is 2. The van der Waals surface area contributed by atoms with Crippen LogP contribution < -0.4 is 5.32 Å². The third kappa shape index (κ3) is 3.68. The van der Waals surface area contributed by atoms with Gasteiger partial charge in [0.1, 0.15) is 0 Å². The molecule has 3 nitrogen and oxygen atoms in total. The molecule has 104 valence electrons. The molecule has 0 aliphatic rings. The molecule has 3 heteroatoms. The van der Waals surface area contributed by atoms with Gasteiger partial charge in [-0.2, -0.15) is 0 Å². The van der Waals surface area contributed by atoms with E-state index in [1.54, 1.807) is 18.2 Å². The van der Waals surface area contributed by atoms with Crippen LogP contribution >= 0.6 is 0 Å². The Morgan fingerprint density at radius 3 is 2.55 bits per heavy atom. The number of aryl methyl sites for hydroxylation is 1. The fourth-order valence-electron chi connectivity index (χ4n) is 2.06.